The maximum atomic E-state index is 13.3. The molecule has 172 valence electrons. The molecule has 0 aliphatic heterocycles. The Morgan fingerprint density at radius 3 is 2.12 bits per heavy atom. The van der Waals surface area contributed by atoms with Crippen molar-refractivity contribution in [2.75, 3.05) is 18.4 Å². The third kappa shape index (κ3) is 7.00. The van der Waals surface area contributed by atoms with Crippen LogP contribution in [0.4, 0.5) is 5.69 Å². The number of anilines is 1. The average molecular weight is 466 g/mol. The van der Waals surface area contributed by atoms with E-state index >= 15 is 0 Å². The van der Waals surface area contributed by atoms with Crippen molar-refractivity contribution in [1.29, 1.82) is 0 Å². The molecule has 2 amide bonds. The molecule has 7 nitrogen and oxygen atoms in total. The molecule has 0 saturated heterocycles. The van der Waals surface area contributed by atoms with Crippen molar-refractivity contribution in [3.63, 3.8) is 0 Å². The Hall–Kier alpha value is -3.49. The van der Waals surface area contributed by atoms with Crippen LogP contribution in [0.3, 0.4) is 0 Å². The van der Waals surface area contributed by atoms with Gasteiger partial charge in [-0.1, -0.05) is 60.2 Å². The van der Waals surface area contributed by atoms with Gasteiger partial charge in [0.25, 0.3) is 0 Å². The Morgan fingerprint density at radius 2 is 1.52 bits per heavy atom. The zero-order valence-corrected chi connectivity index (χ0v) is 19.2. The Balaban J connectivity index is 1.75. The van der Waals surface area contributed by atoms with Crippen LogP contribution in [-0.4, -0.2) is 37.6 Å². The van der Waals surface area contributed by atoms with Crippen LogP contribution in [0.5, 0.6) is 0 Å². The van der Waals surface area contributed by atoms with Crippen LogP contribution >= 0.6 is 0 Å². The fraction of sp³-hybridized carbons (Fsp3) is 0.200. The Kier molecular flexibility index (Phi) is 7.97. The fourth-order valence-electron chi connectivity index (χ4n) is 3.31. The van der Waals surface area contributed by atoms with Gasteiger partial charge in [0.05, 0.1) is 17.9 Å². The normalized spacial score (nSPS) is 11.3. The molecular formula is C25H27N3O4S. The van der Waals surface area contributed by atoms with Gasteiger partial charge in [0.2, 0.25) is 21.8 Å². The molecule has 3 N–H and O–H groups in total. The van der Waals surface area contributed by atoms with Crippen molar-refractivity contribution >= 4 is 27.5 Å². The Bertz CT molecular complexity index is 1190. The second kappa shape index (κ2) is 10.9. The molecule has 0 aliphatic rings. The summed E-state index contributed by atoms with van der Waals surface area (Å²) < 4.78 is 27.8. The van der Waals surface area contributed by atoms with Gasteiger partial charge in [0.1, 0.15) is 0 Å². The van der Waals surface area contributed by atoms with E-state index in [9.17, 15) is 18.0 Å². The molecule has 8 heteroatoms. The molecule has 0 aromatic heterocycles. The van der Waals surface area contributed by atoms with E-state index in [4.69, 9.17) is 5.73 Å². The first-order valence-electron chi connectivity index (χ1n) is 10.5. The lowest BCUT2D eigenvalue weighted by Gasteiger charge is -2.22. The summed E-state index contributed by atoms with van der Waals surface area (Å²) in [5, 5.41) is 2.72. The SMILES string of the molecule is Cc1ccc(S(=O)(=O)N(CCc2ccccc2)CC(=O)Nc2ccc(CC(N)=O)cc2)cc1. The number of carbonyl (C=O) groups is 2. The van der Waals surface area contributed by atoms with Crippen LogP contribution in [0.25, 0.3) is 0 Å². The van der Waals surface area contributed by atoms with E-state index < -0.39 is 21.8 Å². The van der Waals surface area contributed by atoms with E-state index in [1.165, 1.54) is 4.31 Å². The van der Waals surface area contributed by atoms with Gasteiger partial charge in [0, 0.05) is 12.2 Å². The molecule has 0 heterocycles. The molecular weight excluding hydrogens is 438 g/mol. The monoisotopic (exact) mass is 465 g/mol. The van der Waals surface area contributed by atoms with Crippen LogP contribution in [0.15, 0.2) is 83.8 Å². The second-order valence-electron chi connectivity index (χ2n) is 7.78. The molecule has 0 atom stereocenters. The highest BCUT2D eigenvalue weighted by molar-refractivity contribution is 7.89. The first-order chi connectivity index (χ1) is 15.7. The number of amides is 2. The number of aryl methyl sites for hydroxylation is 1. The lowest BCUT2D eigenvalue weighted by molar-refractivity contribution is -0.117. The summed E-state index contributed by atoms with van der Waals surface area (Å²) in [6, 6.07) is 22.8. The summed E-state index contributed by atoms with van der Waals surface area (Å²) in [6.07, 6.45) is 0.581. The van der Waals surface area contributed by atoms with Gasteiger partial charge in [0.15, 0.2) is 0 Å². The van der Waals surface area contributed by atoms with E-state index in [0.717, 1.165) is 16.7 Å². The third-order valence-electron chi connectivity index (χ3n) is 5.09. The van der Waals surface area contributed by atoms with E-state index in [0.29, 0.717) is 12.1 Å². The van der Waals surface area contributed by atoms with Crippen LogP contribution in [-0.2, 0) is 32.5 Å². The van der Waals surface area contributed by atoms with Gasteiger partial charge in [-0.25, -0.2) is 8.42 Å². The van der Waals surface area contributed by atoms with E-state index in [2.05, 4.69) is 5.32 Å². The standard InChI is InChI=1S/C25H27N3O4S/c1-19-7-13-23(14-8-19)33(31,32)28(16-15-20-5-3-2-4-6-20)18-25(30)27-22-11-9-21(10-12-22)17-24(26)29/h2-14H,15-18H2,1H3,(H2,26,29)(H,27,30). The molecule has 33 heavy (non-hydrogen) atoms. The average Bonchev–Trinajstić information content (AvgIpc) is 2.78. The minimum atomic E-state index is -3.87. The summed E-state index contributed by atoms with van der Waals surface area (Å²) in [4.78, 5) is 23.9. The van der Waals surface area contributed by atoms with Gasteiger partial charge < -0.3 is 11.1 Å². The van der Waals surface area contributed by atoms with E-state index in [1.54, 1.807) is 48.5 Å². The number of nitrogens with one attached hydrogen (secondary N) is 1. The fourth-order valence-corrected chi connectivity index (χ4v) is 4.71. The molecule has 3 aromatic rings. The number of hydrogen-bond acceptors (Lipinski definition) is 4. The maximum absolute atomic E-state index is 13.3. The highest BCUT2D eigenvalue weighted by Crippen LogP contribution is 2.18. The van der Waals surface area contributed by atoms with Gasteiger partial charge >= 0.3 is 0 Å². The Morgan fingerprint density at radius 1 is 0.879 bits per heavy atom. The molecule has 0 fully saturated rings. The zero-order chi connectivity index (χ0) is 23.8. The zero-order valence-electron chi connectivity index (χ0n) is 18.4. The van der Waals surface area contributed by atoms with Crippen LogP contribution < -0.4 is 11.1 Å². The number of carbonyl (C=O) groups excluding carboxylic acids is 2. The highest BCUT2D eigenvalue weighted by atomic mass is 32.2. The predicted octanol–water partition coefficient (Wildman–Crippen LogP) is 2.89. The number of hydrogen-bond donors (Lipinski definition) is 2. The minimum Gasteiger partial charge on any atom is -0.369 e. The van der Waals surface area contributed by atoms with Crippen LogP contribution in [0.2, 0.25) is 0 Å². The van der Waals surface area contributed by atoms with Gasteiger partial charge in [-0.05, 0) is 48.7 Å². The molecule has 3 rings (SSSR count). The largest absolute Gasteiger partial charge is 0.369 e. The number of sulfonamides is 1. The van der Waals surface area contributed by atoms with Crippen molar-refractivity contribution < 1.29 is 18.0 Å². The van der Waals surface area contributed by atoms with Crippen molar-refractivity contribution in [1.82, 2.24) is 4.31 Å². The minimum absolute atomic E-state index is 0.107. The maximum Gasteiger partial charge on any atom is 0.243 e. The van der Waals surface area contributed by atoms with Crippen molar-refractivity contribution in [3.8, 4) is 0 Å². The molecule has 0 bridgehead atoms. The summed E-state index contributed by atoms with van der Waals surface area (Å²) in [5.74, 6) is -0.899. The quantitative estimate of drug-likeness (QED) is 0.480. The van der Waals surface area contributed by atoms with Gasteiger partial charge in [-0.2, -0.15) is 4.31 Å². The topological polar surface area (TPSA) is 110 Å². The summed E-state index contributed by atoms with van der Waals surface area (Å²) in [7, 11) is -3.87. The third-order valence-corrected chi connectivity index (χ3v) is 6.95. The van der Waals surface area contributed by atoms with E-state index in [-0.39, 0.29) is 24.4 Å². The predicted molar refractivity (Wildman–Crippen MR) is 128 cm³/mol. The van der Waals surface area contributed by atoms with Crippen molar-refractivity contribution in [3.05, 3.63) is 95.6 Å². The van der Waals surface area contributed by atoms with Crippen LogP contribution in [0.1, 0.15) is 16.7 Å². The molecule has 3 aromatic carbocycles. The van der Waals surface area contributed by atoms with E-state index in [1.807, 2.05) is 37.3 Å². The van der Waals surface area contributed by atoms with Gasteiger partial charge in [-0.15, -0.1) is 0 Å². The molecule has 0 aliphatic carbocycles. The van der Waals surface area contributed by atoms with Gasteiger partial charge in [-0.3, -0.25) is 9.59 Å². The second-order valence-corrected chi connectivity index (χ2v) is 9.71. The van der Waals surface area contributed by atoms with Crippen LogP contribution in [0, 0.1) is 6.92 Å². The summed E-state index contributed by atoms with van der Waals surface area (Å²) in [5.41, 5.74) is 8.35. The number of primary amides is 1. The summed E-state index contributed by atoms with van der Waals surface area (Å²) in [6.45, 7) is 1.71. The molecule has 0 spiro atoms. The lowest BCUT2D eigenvalue weighted by Crippen LogP contribution is -2.39. The number of rotatable bonds is 10. The molecule has 0 unspecified atom stereocenters. The first kappa shape index (κ1) is 24.2. The highest BCUT2D eigenvalue weighted by Gasteiger charge is 2.26. The summed E-state index contributed by atoms with van der Waals surface area (Å²) >= 11 is 0. The Labute approximate surface area is 194 Å². The molecule has 0 radical (unpaired) electrons. The first-order valence-corrected chi connectivity index (χ1v) is 12.0. The number of benzene rings is 3. The van der Waals surface area contributed by atoms with Crippen molar-refractivity contribution in [2.45, 2.75) is 24.7 Å². The molecule has 0 saturated carbocycles. The smallest absolute Gasteiger partial charge is 0.243 e. The lowest BCUT2D eigenvalue weighted by atomic mass is 10.1. The number of nitrogens with two attached hydrogens (primary N) is 1. The van der Waals surface area contributed by atoms with Crippen molar-refractivity contribution in [2.24, 2.45) is 5.73 Å². The number of nitrogens with zero attached hydrogens (tertiary/aromatic N) is 1.